The largest absolute Gasteiger partial charge is 0.491 e. The molecule has 8 heteroatoms. The molecule has 2 aromatic carbocycles. The van der Waals surface area contributed by atoms with E-state index in [4.69, 9.17) is 18.7 Å². The third-order valence-corrected chi connectivity index (χ3v) is 6.25. The third kappa shape index (κ3) is 7.57. The van der Waals surface area contributed by atoms with Crippen LogP contribution in [-0.4, -0.2) is 36.1 Å². The molecule has 35 heavy (non-hydrogen) atoms. The summed E-state index contributed by atoms with van der Waals surface area (Å²) in [5.74, 6) is 0.198. The Bertz CT molecular complexity index is 1090. The van der Waals surface area contributed by atoms with Crippen LogP contribution in [0.4, 0.5) is 0 Å². The lowest BCUT2D eigenvalue weighted by Crippen LogP contribution is -2.16. The van der Waals surface area contributed by atoms with Gasteiger partial charge in [-0.25, -0.2) is 0 Å². The van der Waals surface area contributed by atoms with Gasteiger partial charge in [-0.15, -0.1) is 0 Å². The molecule has 0 radical (unpaired) electrons. The molecular weight excluding hydrogens is 514 g/mol. The van der Waals surface area contributed by atoms with Gasteiger partial charge >= 0.3 is 5.97 Å². The average molecular weight is 546 g/mol. The van der Waals surface area contributed by atoms with Gasteiger partial charge in [-0.2, -0.15) is 0 Å². The predicted molar refractivity (Wildman–Crippen MR) is 136 cm³/mol. The molecule has 1 atom stereocenters. The molecule has 0 spiro atoms. The Labute approximate surface area is 214 Å². The number of carbonyl (C=O) groups is 1. The van der Waals surface area contributed by atoms with E-state index in [2.05, 4.69) is 47.9 Å². The summed E-state index contributed by atoms with van der Waals surface area (Å²) < 4.78 is 23.4. The van der Waals surface area contributed by atoms with E-state index in [1.54, 1.807) is 6.07 Å². The lowest BCUT2D eigenvalue weighted by Gasteiger charge is -2.24. The van der Waals surface area contributed by atoms with Crippen LogP contribution in [-0.2, 0) is 21.6 Å². The normalized spacial score (nSPS) is 12.4. The van der Waals surface area contributed by atoms with Gasteiger partial charge in [0.15, 0.2) is 0 Å². The zero-order valence-corrected chi connectivity index (χ0v) is 22.1. The first kappa shape index (κ1) is 26.8. The molecule has 1 N–H and O–H groups in total. The van der Waals surface area contributed by atoms with E-state index in [0.29, 0.717) is 37.9 Å². The minimum Gasteiger partial charge on any atom is -0.491 e. The monoisotopic (exact) mass is 545 g/mol. The Kier molecular flexibility index (Phi) is 9.34. The molecule has 0 aliphatic heterocycles. The highest BCUT2D eigenvalue weighted by Gasteiger charge is 2.22. The van der Waals surface area contributed by atoms with Crippen molar-refractivity contribution >= 4 is 21.9 Å². The van der Waals surface area contributed by atoms with Crippen LogP contribution in [0.3, 0.4) is 0 Å². The first-order valence-corrected chi connectivity index (χ1v) is 12.4. The second-order valence-corrected chi connectivity index (χ2v) is 10.0. The molecule has 0 bridgehead atoms. The third-order valence-electron chi connectivity index (χ3n) is 5.52. The second-order valence-electron chi connectivity index (χ2n) is 9.17. The molecule has 0 saturated heterocycles. The maximum Gasteiger partial charge on any atom is 0.304 e. The summed E-state index contributed by atoms with van der Waals surface area (Å²) in [4.78, 5) is 11.3. The number of aromatic nitrogens is 1. The Hall–Kier alpha value is -2.84. The Morgan fingerprint density at radius 1 is 1.11 bits per heavy atom. The number of ether oxygens (including phenoxy) is 3. The fourth-order valence-corrected chi connectivity index (χ4v) is 4.15. The van der Waals surface area contributed by atoms with Crippen molar-refractivity contribution in [1.29, 1.82) is 0 Å². The van der Waals surface area contributed by atoms with E-state index >= 15 is 0 Å². The number of benzene rings is 2. The van der Waals surface area contributed by atoms with Gasteiger partial charge in [0.05, 0.1) is 18.7 Å². The van der Waals surface area contributed by atoms with Gasteiger partial charge in [-0.3, -0.25) is 4.79 Å². The zero-order valence-electron chi connectivity index (χ0n) is 20.5. The van der Waals surface area contributed by atoms with Gasteiger partial charge in [0, 0.05) is 34.2 Å². The van der Waals surface area contributed by atoms with E-state index in [-0.39, 0.29) is 11.8 Å². The number of carboxylic acids is 1. The molecule has 0 amide bonds. The number of hydrogen-bond donors (Lipinski definition) is 1. The molecule has 1 aromatic heterocycles. The number of aliphatic carboxylic acids is 1. The van der Waals surface area contributed by atoms with E-state index in [0.717, 1.165) is 26.9 Å². The highest BCUT2D eigenvalue weighted by Crippen LogP contribution is 2.36. The quantitative estimate of drug-likeness (QED) is 0.265. The lowest BCUT2D eigenvalue weighted by atomic mass is 9.86. The van der Waals surface area contributed by atoms with Crippen molar-refractivity contribution in [3.05, 3.63) is 75.6 Å². The number of halogens is 1. The molecule has 0 saturated carbocycles. The van der Waals surface area contributed by atoms with Crippen LogP contribution in [0.15, 0.2) is 57.7 Å². The van der Waals surface area contributed by atoms with E-state index in [1.165, 1.54) is 6.26 Å². The zero-order chi connectivity index (χ0) is 25.4. The van der Waals surface area contributed by atoms with Crippen LogP contribution < -0.4 is 9.47 Å². The standard InChI is InChI=1S/C27H32BrNO6/c1-5-32-12-13-33-25-14-19(23(28)16-22(25)27(2,3)4)17-34-20-8-6-18(7-9-20)21(15-26(30)31)24-10-11-35-29-24/h6-11,14,16,21H,5,12-13,15,17H2,1-4H3,(H,30,31)/t21-/m0/s1. The van der Waals surface area contributed by atoms with Crippen LogP contribution in [0.5, 0.6) is 11.5 Å². The van der Waals surface area contributed by atoms with Gasteiger partial charge in [0.2, 0.25) is 0 Å². The fourth-order valence-electron chi connectivity index (χ4n) is 3.69. The van der Waals surface area contributed by atoms with Gasteiger partial charge in [-0.05, 0) is 42.2 Å². The number of rotatable bonds is 12. The Morgan fingerprint density at radius 2 is 1.86 bits per heavy atom. The van der Waals surface area contributed by atoms with E-state index in [1.807, 2.05) is 37.3 Å². The van der Waals surface area contributed by atoms with Crippen LogP contribution >= 0.6 is 15.9 Å². The molecule has 0 aliphatic carbocycles. The van der Waals surface area contributed by atoms with Gasteiger partial charge in [0.25, 0.3) is 0 Å². The minimum absolute atomic E-state index is 0.0775. The first-order chi connectivity index (χ1) is 16.7. The predicted octanol–water partition coefficient (Wildman–Crippen LogP) is 6.34. The first-order valence-electron chi connectivity index (χ1n) is 11.6. The topological polar surface area (TPSA) is 91.0 Å². The summed E-state index contributed by atoms with van der Waals surface area (Å²) >= 11 is 3.68. The minimum atomic E-state index is -0.902. The molecule has 0 aliphatic rings. The maximum atomic E-state index is 11.3. The SMILES string of the molecule is CCOCCOc1cc(COc2ccc([C@H](CC(=O)O)c3ccon3)cc2)c(Br)cc1C(C)(C)C. The molecule has 0 fully saturated rings. The van der Waals surface area contributed by atoms with Crippen molar-refractivity contribution in [2.75, 3.05) is 19.8 Å². The van der Waals surface area contributed by atoms with Crippen molar-refractivity contribution in [1.82, 2.24) is 5.16 Å². The van der Waals surface area contributed by atoms with E-state index in [9.17, 15) is 9.90 Å². The summed E-state index contributed by atoms with van der Waals surface area (Å²) in [7, 11) is 0. The van der Waals surface area contributed by atoms with E-state index < -0.39 is 11.9 Å². The van der Waals surface area contributed by atoms with Gasteiger partial charge in [0.1, 0.15) is 31.0 Å². The number of nitrogens with zero attached hydrogens (tertiary/aromatic N) is 1. The molecule has 7 nitrogen and oxygen atoms in total. The van der Waals surface area contributed by atoms with Crippen molar-refractivity contribution in [3.63, 3.8) is 0 Å². The Morgan fingerprint density at radius 3 is 2.46 bits per heavy atom. The summed E-state index contributed by atoms with van der Waals surface area (Å²) in [6, 6.07) is 13.2. The smallest absolute Gasteiger partial charge is 0.304 e. The molecular formula is C27H32BrNO6. The summed E-state index contributed by atoms with van der Waals surface area (Å²) in [6.07, 6.45) is 1.37. The molecule has 0 unspecified atom stereocenters. The van der Waals surface area contributed by atoms with Crippen molar-refractivity contribution in [2.45, 2.75) is 52.1 Å². The van der Waals surface area contributed by atoms with Crippen LogP contribution in [0.25, 0.3) is 0 Å². The van der Waals surface area contributed by atoms with Crippen LogP contribution in [0.1, 0.15) is 62.4 Å². The molecule has 188 valence electrons. The molecule has 3 rings (SSSR count). The highest BCUT2D eigenvalue weighted by molar-refractivity contribution is 9.10. The average Bonchev–Trinajstić information content (AvgIpc) is 3.34. The summed E-state index contributed by atoms with van der Waals surface area (Å²) in [6.45, 7) is 10.4. The van der Waals surface area contributed by atoms with Crippen LogP contribution in [0, 0.1) is 0 Å². The van der Waals surface area contributed by atoms with Crippen LogP contribution in [0.2, 0.25) is 0 Å². The summed E-state index contributed by atoms with van der Waals surface area (Å²) in [5, 5.41) is 13.2. The van der Waals surface area contributed by atoms with Gasteiger partial charge < -0.3 is 23.8 Å². The van der Waals surface area contributed by atoms with Crippen molar-refractivity contribution < 1.29 is 28.6 Å². The fraction of sp³-hybridized carbons (Fsp3) is 0.407. The summed E-state index contributed by atoms with van der Waals surface area (Å²) in [5.41, 5.74) is 3.39. The second kappa shape index (κ2) is 12.2. The molecule has 1 heterocycles. The number of carboxylic acid groups (broad SMARTS) is 1. The Balaban J connectivity index is 1.74. The maximum absolute atomic E-state index is 11.3. The van der Waals surface area contributed by atoms with Crippen molar-refractivity contribution in [2.24, 2.45) is 0 Å². The number of hydrogen-bond acceptors (Lipinski definition) is 6. The van der Waals surface area contributed by atoms with Gasteiger partial charge in [-0.1, -0.05) is 54.0 Å². The van der Waals surface area contributed by atoms with Crippen molar-refractivity contribution in [3.8, 4) is 11.5 Å². The lowest BCUT2D eigenvalue weighted by molar-refractivity contribution is -0.137. The molecule has 3 aromatic rings. The highest BCUT2D eigenvalue weighted by atomic mass is 79.9.